The van der Waals surface area contributed by atoms with Crippen molar-refractivity contribution >= 4 is 0 Å². The van der Waals surface area contributed by atoms with Crippen molar-refractivity contribution in [3.8, 4) is 18.1 Å². The molecule has 0 radical (unpaired) electrons. The van der Waals surface area contributed by atoms with Crippen LogP contribution in [0.2, 0.25) is 0 Å². The van der Waals surface area contributed by atoms with Crippen LogP contribution in [0, 0.1) is 19.3 Å². The van der Waals surface area contributed by atoms with E-state index in [-0.39, 0.29) is 0 Å². The van der Waals surface area contributed by atoms with Gasteiger partial charge in [-0.15, -0.1) is 6.42 Å². The number of hydrogen-bond donors (Lipinski definition) is 0. The fourth-order valence-electron chi connectivity index (χ4n) is 0.968. The van der Waals surface area contributed by atoms with E-state index in [2.05, 4.69) is 5.92 Å². The van der Waals surface area contributed by atoms with Gasteiger partial charge in [-0.2, -0.15) is 0 Å². The zero-order valence-electron chi connectivity index (χ0n) is 6.72. The van der Waals surface area contributed by atoms with Crippen LogP contribution in [0.1, 0.15) is 11.1 Å². The summed E-state index contributed by atoms with van der Waals surface area (Å²) >= 11 is 0. The molecule has 0 unspecified atom stereocenters. The molecule has 0 fully saturated rings. The van der Waals surface area contributed by atoms with Gasteiger partial charge in [0.15, 0.2) is 0 Å². The molecule has 56 valence electrons. The molecule has 1 aromatic rings. The minimum atomic E-state index is 0.879. The van der Waals surface area contributed by atoms with Gasteiger partial charge in [0.05, 0.1) is 7.11 Å². The molecule has 0 spiro atoms. The first-order valence-corrected chi connectivity index (χ1v) is 3.39. The van der Waals surface area contributed by atoms with E-state index in [1.54, 1.807) is 7.11 Å². The van der Waals surface area contributed by atoms with Crippen molar-refractivity contribution in [3.63, 3.8) is 0 Å². The summed E-state index contributed by atoms with van der Waals surface area (Å²) in [5.41, 5.74) is 1.96. The average Bonchev–Trinajstić information content (AvgIpc) is 2.04. The summed E-state index contributed by atoms with van der Waals surface area (Å²) < 4.78 is 5.08. The predicted octanol–water partition coefficient (Wildman–Crippen LogP) is 1.98. The number of methoxy groups -OCH3 is 1. The van der Waals surface area contributed by atoms with Crippen molar-refractivity contribution in [1.29, 1.82) is 0 Å². The summed E-state index contributed by atoms with van der Waals surface area (Å²) in [4.78, 5) is 0. The molecule has 0 heterocycles. The number of ether oxygens (including phenoxy) is 1. The van der Waals surface area contributed by atoms with E-state index in [0.29, 0.717) is 0 Å². The molecule has 0 N–H and O–H groups in total. The number of terminal acetylenes is 1. The van der Waals surface area contributed by atoms with Crippen molar-refractivity contribution in [1.82, 2.24) is 0 Å². The summed E-state index contributed by atoms with van der Waals surface area (Å²) in [6.45, 7) is 1.97. The molecule has 0 atom stereocenters. The molecule has 0 aliphatic carbocycles. The van der Waals surface area contributed by atoms with E-state index in [0.717, 1.165) is 16.9 Å². The minimum absolute atomic E-state index is 0.879. The Bertz CT molecular complexity index is 294. The van der Waals surface area contributed by atoms with Crippen molar-refractivity contribution in [2.24, 2.45) is 0 Å². The first-order valence-electron chi connectivity index (χ1n) is 3.39. The Hall–Kier alpha value is -1.42. The Morgan fingerprint density at radius 1 is 1.45 bits per heavy atom. The summed E-state index contributed by atoms with van der Waals surface area (Å²) in [5.74, 6) is 3.44. The number of benzene rings is 1. The van der Waals surface area contributed by atoms with Gasteiger partial charge in [0.25, 0.3) is 0 Å². The SMILES string of the molecule is C#Cc1ccc(OC)c(C)c1. The van der Waals surface area contributed by atoms with Crippen molar-refractivity contribution < 1.29 is 4.74 Å². The monoisotopic (exact) mass is 146 g/mol. The van der Waals surface area contributed by atoms with E-state index in [9.17, 15) is 0 Å². The highest BCUT2D eigenvalue weighted by atomic mass is 16.5. The summed E-state index contributed by atoms with van der Waals surface area (Å²) in [7, 11) is 1.65. The van der Waals surface area contributed by atoms with Gasteiger partial charge in [0, 0.05) is 5.56 Å². The van der Waals surface area contributed by atoms with Crippen LogP contribution in [0.25, 0.3) is 0 Å². The van der Waals surface area contributed by atoms with Crippen molar-refractivity contribution in [2.75, 3.05) is 7.11 Å². The molecule has 0 aliphatic heterocycles. The van der Waals surface area contributed by atoms with Crippen LogP contribution >= 0.6 is 0 Å². The van der Waals surface area contributed by atoms with Crippen molar-refractivity contribution in [2.45, 2.75) is 6.92 Å². The minimum Gasteiger partial charge on any atom is -0.496 e. The van der Waals surface area contributed by atoms with Crippen LogP contribution in [0.5, 0.6) is 5.75 Å². The first-order chi connectivity index (χ1) is 5.27. The van der Waals surface area contributed by atoms with Gasteiger partial charge in [-0.05, 0) is 30.7 Å². The van der Waals surface area contributed by atoms with Crippen LogP contribution in [0.15, 0.2) is 18.2 Å². The maximum Gasteiger partial charge on any atom is 0.121 e. The van der Waals surface area contributed by atoms with Crippen LogP contribution in [-0.2, 0) is 0 Å². The lowest BCUT2D eigenvalue weighted by Crippen LogP contribution is -1.86. The number of rotatable bonds is 1. The lowest BCUT2D eigenvalue weighted by molar-refractivity contribution is 0.411. The molecule has 0 amide bonds. The quantitative estimate of drug-likeness (QED) is 0.550. The standard InChI is InChI=1S/C10H10O/c1-4-9-5-6-10(11-3)8(2)7-9/h1,5-7H,2-3H3. The Morgan fingerprint density at radius 2 is 2.18 bits per heavy atom. The predicted molar refractivity (Wildman–Crippen MR) is 45.7 cm³/mol. The molecular weight excluding hydrogens is 136 g/mol. The second-order valence-electron chi connectivity index (χ2n) is 2.33. The molecule has 0 bridgehead atoms. The number of hydrogen-bond acceptors (Lipinski definition) is 1. The van der Waals surface area contributed by atoms with Gasteiger partial charge in [-0.25, -0.2) is 0 Å². The molecule has 0 saturated heterocycles. The fourth-order valence-corrected chi connectivity index (χ4v) is 0.968. The Labute approximate surface area is 67.0 Å². The second-order valence-corrected chi connectivity index (χ2v) is 2.33. The van der Waals surface area contributed by atoms with Crippen LogP contribution in [0.4, 0.5) is 0 Å². The molecular formula is C10H10O. The Balaban J connectivity index is 3.12. The molecule has 1 rings (SSSR count). The average molecular weight is 146 g/mol. The van der Waals surface area contributed by atoms with Gasteiger partial charge in [0.2, 0.25) is 0 Å². The van der Waals surface area contributed by atoms with E-state index < -0.39 is 0 Å². The molecule has 11 heavy (non-hydrogen) atoms. The number of aryl methyl sites for hydroxylation is 1. The first kappa shape index (κ1) is 7.68. The van der Waals surface area contributed by atoms with Gasteiger partial charge in [-0.1, -0.05) is 5.92 Å². The van der Waals surface area contributed by atoms with Gasteiger partial charge in [0.1, 0.15) is 5.75 Å². The Kier molecular flexibility index (Phi) is 2.18. The highest BCUT2D eigenvalue weighted by Gasteiger charge is 1.96. The topological polar surface area (TPSA) is 9.23 Å². The highest BCUT2D eigenvalue weighted by molar-refractivity contribution is 5.42. The van der Waals surface area contributed by atoms with Crippen molar-refractivity contribution in [3.05, 3.63) is 29.3 Å². The summed E-state index contributed by atoms with van der Waals surface area (Å²) in [6, 6.07) is 5.68. The molecule has 1 heteroatoms. The van der Waals surface area contributed by atoms with E-state index in [1.165, 1.54) is 0 Å². The molecule has 1 aromatic carbocycles. The third kappa shape index (κ3) is 1.53. The Morgan fingerprint density at radius 3 is 2.64 bits per heavy atom. The third-order valence-corrected chi connectivity index (χ3v) is 1.56. The van der Waals surface area contributed by atoms with E-state index >= 15 is 0 Å². The van der Waals surface area contributed by atoms with E-state index in [1.807, 2.05) is 25.1 Å². The zero-order chi connectivity index (χ0) is 8.27. The van der Waals surface area contributed by atoms with Gasteiger partial charge < -0.3 is 4.74 Å². The normalized spacial score (nSPS) is 8.82. The van der Waals surface area contributed by atoms with Crippen LogP contribution in [-0.4, -0.2) is 7.11 Å². The second kappa shape index (κ2) is 3.12. The lowest BCUT2D eigenvalue weighted by atomic mass is 10.1. The van der Waals surface area contributed by atoms with Crippen LogP contribution < -0.4 is 4.74 Å². The maximum atomic E-state index is 5.22. The smallest absolute Gasteiger partial charge is 0.121 e. The lowest BCUT2D eigenvalue weighted by Gasteiger charge is -2.03. The summed E-state index contributed by atoms with van der Waals surface area (Å²) in [5, 5.41) is 0. The van der Waals surface area contributed by atoms with Gasteiger partial charge in [-0.3, -0.25) is 0 Å². The molecule has 0 aliphatic rings. The fraction of sp³-hybridized carbons (Fsp3) is 0.200. The maximum absolute atomic E-state index is 5.22. The molecule has 1 nitrogen and oxygen atoms in total. The summed E-state index contributed by atoms with van der Waals surface area (Å²) in [6.07, 6.45) is 5.22. The van der Waals surface area contributed by atoms with Gasteiger partial charge >= 0.3 is 0 Å². The largest absolute Gasteiger partial charge is 0.496 e. The zero-order valence-corrected chi connectivity index (χ0v) is 6.72. The highest BCUT2D eigenvalue weighted by Crippen LogP contribution is 2.17. The molecule has 0 aromatic heterocycles. The van der Waals surface area contributed by atoms with E-state index in [4.69, 9.17) is 11.2 Å². The van der Waals surface area contributed by atoms with Crippen LogP contribution in [0.3, 0.4) is 0 Å². The molecule has 0 saturated carbocycles. The third-order valence-electron chi connectivity index (χ3n) is 1.56.